The molecule has 4 heteroatoms. The maximum absolute atomic E-state index is 2.52. The van der Waals surface area contributed by atoms with Crippen LogP contribution in [-0.2, 0) is 0 Å². The van der Waals surface area contributed by atoms with Crippen molar-refractivity contribution in [1.29, 1.82) is 0 Å². The summed E-state index contributed by atoms with van der Waals surface area (Å²) in [5.41, 5.74) is 0. The third kappa shape index (κ3) is 12.2. The van der Waals surface area contributed by atoms with Gasteiger partial charge in [-0.1, -0.05) is 13.8 Å². The lowest BCUT2D eigenvalue weighted by molar-refractivity contribution is -0.922. The second-order valence-corrected chi connectivity index (χ2v) is 7.82. The number of quaternary nitrogens is 2. The zero-order valence-corrected chi connectivity index (χ0v) is 18.9. The van der Waals surface area contributed by atoms with E-state index in [0.717, 1.165) is 4.48 Å². The molecule has 0 radical (unpaired) electrons. The van der Waals surface area contributed by atoms with Crippen LogP contribution in [0, 0.1) is 0 Å². The Balaban J connectivity index is 0. The van der Waals surface area contributed by atoms with E-state index in [2.05, 4.69) is 79.5 Å². The van der Waals surface area contributed by atoms with Crippen molar-refractivity contribution in [2.75, 3.05) is 93.6 Å². The molecule has 0 aromatic rings. The van der Waals surface area contributed by atoms with Gasteiger partial charge in [0.1, 0.15) is 0 Å². The van der Waals surface area contributed by atoms with Crippen molar-refractivity contribution < 1.29 is 8.97 Å². The van der Waals surface area contributed by atoms with E-state index in [-0.39, 0.29) is 0 Å². The largest absolute Gasteiger partial charge is 0.328 e. The van der Waals surface area contributed by atoms with E-state index in [9.17, 15) is 0 Å². The average molecular weight is 347 g/mol. The quantitative estimate of drug-likeness (QED) is 0.501. The van der Waals surface area contributed by atoms with Gasteiger partial charge in [-0.2, -0.15) is 0 Å². The number of rotatable bonds is 12. The van der Waals surface area contributed by atoms with Crippen LogP contribution in [0.4, 0.5) is 0 Å². The maximum atomic E-state index is 2.52. The molecule has 0 rings (SSSR count). The Morgan fingerprint density at radius 2 is 1.08 bits per heavy atom. The Morgan fingerprint density at radius 3 is 1.38 bits per heavy atom. The first kappa shape index (κ1) is 26.1. The summed E-state index contributed by atoms with van der Waals surface area (Å²) in [5, 5.41) is 0. The van der Waals surface area contributed by atoms with Crippen LogP contribution in [0.25, 0.3) is 0 Å². The van der Waals surface area contributed by atoms with Crippen molar-refractivity contribution >= 4 is 0 Å². The summed E-state index contributed by atoms with van der Waals surface area (Å²) in [6, 6.07) is 0. The highest BCUT2D eigenvalue weighted by Gasteiger charge is 2.20. The fraction of sp³-hybridized carbons (Fsp3) is 1.00. The molecular weight excluding hydrogens is 296 g/mol. The van der Waals surface area contributed by atoms with Crippen LogP contribution in [0.5, 0.6) is 0 Å². The highest BCUT2D eigenvalue weighted by Crippen LogP contribution is 2.05. The lowest BCUT2D eigenvalue weighted by Gasteiger charge is -2.37. The molecule has 0 heterocycles. The van der Waals surface area contributed by atoms with Crippen LogP contribution < -0.4 is 0 Å². The van der Waals surface area contributed by atoms with Gasteiger partial charge < -0.3 is 13.9 Å². The molecule has 0 aromatic carbocycles. The standard InChI is InChI=1S/C12H29N2.C8H21N2/c1-6-13(7-2)11-12-14(8-3,9-4)10-5;1-6-10(4,5)8-7-9(2)3/h6-12H2,1-5H3;6-8H2,1-5H3/q2*+1. The summed E-state index contributed by atoms with van der Waals surface area (Å²) in [6.45, 7) is 26.1. The molecule has 148 valence electrons. The summed E-state index contributed by atoms with van der Waals surface area (Å²) in [5.74, 6) is 0. The fourth-order valence-corrected chi connectivity index (χ4v) is 2.67. The lowest BCUT2D eigenvalue weighted by Crippen LogP contribution is -2.51. The Morgan fingerprint density at radius 1 is 0.625 bits per heavy atom. The molecule has 0 unspecified atom stereocenters. The molecule has 0 aromatic heterocycles. The van der Waals surface area contributed by atoms with E-state index in [1.807, 2.05) is 0 Å². The number of nitrogens with zero attached hydrogens (tertiary/aromatic N) is 4. The third-order valence-corrected chi connectivity index (χ3v) is 5.81. The van der Waals surface area contributed by atoms with Crippen LogP contribution in [0.15, 0.2) is 0 Å². The van der Waals surface area contributed by atoms with Gasteiger partial charge in [0.15, 0.2) is 0 Å². The zero-order chi connectivity index (χ0) is 19.2. The van der Waals surface area contributed by atoms with Gasteiger partial charge in [0.2, 0.25) is 0 Å². The van der Waals surface area contributed by atoms with E-state index < -0.39 is 0 Å². The zero-order valence-electron chi connectivity index (χ0n) is 18.9. The molecule has 0 atom stereocenters. The third-order valence-electron chi connectivity index (χ3n) is 5.81. The first-order chi connectivity index (χ1) is 11.2. The minimum atomic E-state index is 1.12. The number of hydrogen-bond donors (Lipinski definition) is 0. The minimum Gasteiger partial charge on any atom is -0.328 e. The molecule has 0 saturated carbocycles. The Kier molecular flexibility index (Phi) is 15.3. The minimum absolute atomic E-state index is 1.12. The summed E-state index contributed by atoms with van der Waals surface area (Å²) < 4.78 is 2.40. The van der Waals surface area contributed by atoms with E-state index in [1.54, 1.807) is 0 Å². The van der Waals surface area contributed by atoms with Crippen molar-refractivity contribution in [2.45, 2.75) is 41.5 Å². The SMILES string of the molecule is CCN(CC)CC[N+](CC)(CC)CC.CC[N+](C)(C)CCN(C)C. The van der Waals surface area contributed by atoms with Gasteiger partial charge in [0, 0.05) is 13.1 Å². The predicted octanol–water partition coefficient (Wildman–Crippen LogP) is 2.85. The van der Waals surface area contributed by atoms with Gasteiger partial charge >= 0.3 is 0 Å². The summed E-state index contributed by atoms with van der Waals surface area (Å²) in [4.78, 5) is 4.75. The van der Waals surface area contributed by atoms with Crippen molar-refractivity contribution in [1.82, 2.24) is 9.80 Å². The molecular formula is C20H50N4+2. The predicted molar refractivity (Wildman–Crippen MR) is 111 cm³/mol. The van der Waals surface area contributed by atoms with Gasteiger partial charge in [-0.3, -0.25) is 4.90 Å². The fourth-order valence-electron chi connectivity index (χ4n) is 2.67. The van der Waals surface area contributed by atoms with E-state index >= 15 is 0 Å². The molecule has 0 aliphatic heterocycles. The normalized spacial score (nSPS) is 12.5. The van der Waals surface area contributed by atoms with Crippen LogP contribution >= 0.6 is 0 Å². The molecule has 0 saturated heterocycles. The number of likely N-dealkylation sites (N-methyl/N-ethyl adjacent to an activating group) is 4. The molecule has 0 spiro atoms. The van der Waals surface area contributed by atoms with Gasteiger partial charge in [0.25, 0.3) is 0 Å². The Labute approximate surface area is 154 Å². The Hall–Kier alpha value is -0.160. The summed E-state index contributed by atoms with van der Waals surface area (Å²) >= 11 is 0. The molecule has 0 aliphatic rings. The molecule has 0 N–H and O–H groups in total. The van der Waals surface area contributed by atoms with Gasteiger partial charge in [0.05, 0.1) is 53.4 Å². The monoisotopic (exact) mass is 346 g/mol. The Bertz CT molecular complexity index is 261. The molecule has 0 bridgehead atoms. The maximum Gasteiger partial charge on any atom is 0.0915 e. The van der Waals surface area contributed by atoms with Gasteiger partial charge in [-0.15, -0.1) is 0 Å². The molecule has 0 amide bonds. The van der Waals surface area contributed by atoms with Gasteiger partial charge in [-0.25, -0.2) is 0 Å². The van der Waals surface area contributed by atoms with Crippen molar-refractivity contribution in [2.24, 2.45) is 0 Å². The average Bonchev–Trinajstić information content (AvgIpc) is 2.58. The van der Waals surface area contributed by atoms with Crippen LogP contribution in [0.1, 0.15) is 41.5 Å². The second kappa shape index (κ2) is 14.1. The van der Waals surface area contributed by atoms with Crippen molar-refractivity contribution in [3.05, 3.63) is 0 Å². The second-order valence-electron chi connectivity index (χ2n) is 7.82. The molecule has 0 fully saturated rings. The van der Waals surface area contributed by atoms with E-state index in [4.69, 9.17) is 0 Å². The topological polar surface area (TPSA) is 6.48 Å². The summed E-state index contributed by atoms with van der Waals surface area (Å²) in [7, 11) is 8.78. The van der Waals surface area contributed by atoms with Crippen LogP contribution in [-0.4, -0.2) is 112 Å². The molecule has 0 aliphatic carbocycles. The smallest absolute Gasteiger partial charge is 0.0915 e. The van der Waals surface area contributed by atoms with Gasteiger partial charge in [-0.05, 0) is 54.9 Å². The van der Waals surface area contributed by atoms with Crippen LogP contribution in [0.2, 0.25) is 0 Å². The molecule has 4 nitrogen and oxygen atoms in total. The van der Waals surface area contributed by atoms with Crippen molar-refractivity contribution in [3.8, 4) is 0 Å². The van der Waals surface area contributed by atoms with E-state index in [1.165, 1.54) is 69.9 Å². The lowest BCUT2D eigenvalue weighted by atomic mass is 10.3. The van der Waals surface area contributed by atoms with E-state index in [0.29, 0.717) is 0 Å². The highest BCUT2D eigenvalue weighted by atomic mass is 15.4. The first-order valence-electron chi connectivity index (χ1n) is 10.2. The highest BCUT2D eigenvalue weighted by molar-refractivity contribution is 4.52. The number of hydrogen-bond acceptors (Lipinski definition) is 2. The summed E-state index contributed by atoms with van der Waals surface area (Å²) in [6.07, 6.45) is 0. The van der Waals surface area contributed by atoms with Crippen LogP contribution in [0.3, 0.4) is 0 Å². The first-order valence-corrected chi connectivity index (χ1v) is 10.2. The van der Waals surface area contributed by atoms with Crippen molar-refractivity contribution in [3.63, 3.8) is 0 Å². The molecule has 24 heavy (non-hydrogen) atoms.